The van der Waals surface area contributed by atoms with Gasteiger partial charge >= 0.3 is 0 Å². The molecule has 0 bridgehead atoms. The molecule has 0 aliphatic heterocycles. The van der Waals surface area contributed by atoms with Gasteiger partial charge in [-0.05, 0) is 26.0 Å². The number of hydrogen-bond donors (Lipinski definition) is 1. The van der Waals surface area contributed by atoms with Crippen molar-refractivity contribution in [3.05, 3.63) is 34.1 Å². The second-order valence-corrected chi connectivity index (χ2v) is 4.54. The van der Waals surface area contributed by atoms with Crippen LogP contribution in [0.5, 0.6) is 0 Å². The Labute approximate surface area is 85.7 Å². The van der Waals surface area contributed by atoms with Crippen LogP contribution in [0.2, 0.25) is 0 Å². The molecule has 1 rings (SSSR count). The van der Waals surface area contributed by atoms with E-state index in [2.05, 4.69) is 15.9 Å². The molecule has 72 valence electrons. The van der Waals surface area contributed by atoms with Crippen molar-refractivity contribution >= 4 is 15.9 Å². The standard InChI is InChI=1S/C10H12BrFO/c1-10(2,13)6-7-8(11)4-3-5-9(7)12/h3-5,13H,6H2,1-2H3. The topological polar surface area (TPSA) is 20.2 Å². The van der Waals surface area contributed by atoms with Crippen LogP contribution < -0.4 is 0 Å². The molecule has 0 aliphatic rings. The van der Waals surface area contributed by atoms with Crippen LogP contribution >= 0.6 is 15.9 Å². The van der Waals surface area contributed by atoms with E-state index in [0.29, 0.717) is 16.5 Å². The molecule has 0 amide bonds. The highest BCUT2D eigenvalue weighted by Gasteiger charge is 2.17. The maximum atomic E-state index is 13.2. The van der Waals surface area contributed by atoms with Crippen molar-refractivity contribution < 1.29 is 9.50 Å². The lowest BCUT2D eigenvalue weighted by Crippen LogP contribution is -2.22. The number of rotatable bonds is 2. The lowest BCUT2D eigenvalue weighted by Gasteiger charge is -2.18. The zero-order valence-corrected chi connectivity index (χ0v) is 9.23. The van der Waals surface area contributed by atoms with Crippen LogP contribution in [0.15, 0.2) is 22.7 Å². The molecule has 0 fully saturated rings. The first-order valence-corrected chi connectivity index (χ1v) is 4.85. The van der Waals surface area contributed by atoms with E-state index in [1.54, 1.807) is 26.0 Å². The minimum atomic E-state index is -0.884. The van der Waals surface area contributed by atoms with E-state index in [1.165, 1.54) is 6.07 Å². The Morgan fingerprint density at radius 1 is 1.46 bits per heavy atom. The molecule has 0 aliphatic carbocycles. The molecule has 3 heteroatoms. The van der Waals surface area contributed by atoms with Crippen LogP contribution in [0.25, 0.3) is 0 Å². The smallest absolute Gasteiger partial charge is 0.127 e. The second kappa shape index (κ2) is 3.76. The SMILES string of the molecule is CC(C)(O)Cc1c(F)cccc1Br. The molecule has 0 heterocycles. The Morgan fingerprint density at radius 3 is 2.54 bits per heavy atom. The van der Waals surface area contributed by atoms with Gasteiger partial charge in [0.1, 0.15) is 5.82 Å². The van der Waals surface area contributed by atoms with Crippen LogP contribution in [0.4, 0.5) is 4.39 Å². The molecule has 1 aromatic carbocycles. The van der Waals surface area contributed by atoms with Gasteiger partial charge in [0.25, 0.3) is 0 Å². The van der Waals surface area contributed by atoms with Gasteiger partial charge in [-0.1, -0.05) is 22.0 Å². The second-order valence-electron chi connectivity index (χ2n) is 3.69. The minimum absolute atomic E-state index is 0.281. The highest BCUT2D eigenvalue weighted by atomic mass is 79.9. The van der Waals surface area contributed by atoms with Gasteiger partial charge in [-0.15, -0.1) is 0 Å². The molecule has 0 atom stereocenters. The Kier molecular flexibility index (Phi) is 3.09. The highest BCUT2D eigenvalue weighted by molar-refractivity contribution is 9.10. The van der Waals surface area contributed by atoms with Crippen molar-refractivity contribution in [2.24, 2.45) is 0 Å². The third-order valence-electron chi connectivity index (χ3n) is 1.67. The van der Waals surface area contributed by atoms with Gasteiger partial charge in [0, 0.05) is 16.5 Å². The summed E-state index contributed by atoms with van der Waals surface area (Å²) in [5, 5.41) is 9.53. The summed E-state index contributed by atoms with van der Waals surface area (Å²) in [6, 6.07) is 4.79. The molecule has 0 spiro atoms. The van der Waals surface area contributed by atoms with Crippen molar-refractivity contribution in [1.82, 2.24) is 0 Å². The molecule has 0 radical (unpaired) electrons. The van der Waals surface area contributed by atoms with Crippen molar-refractivity contribution in [3.63, 3.8) is 0 Å². The Bertz CT molecular complexity index is 284. The summed E-state index contributed by atoms with van der Waals surface area (Å²) in [5.41, 5.74) is -0.361. The molecular formula is C10H12BrFO. The maximum Gasteiger partial charge on any atom is 0.127 e. The molecule has 0 unspecified atom stereocenters. The van der Waals surface area contributed by atoms with E-state index in [4.69, 9.17) is 0 Å². The predicted molar refractivity (Wildman–Crippen MR) is 54.1 cm³/mol. The summed E-state index contributed by atoms with van der Waals surface area (Å²) < 4.78 is 13.9. The van der Waals surface area contributed by atoms with E-state index >= 15 is 0 Å². The average molecular weight is 247 g/mol. The van der Waals surface area contributed by atoms with Crippen LogP contribution in [-0.2, 0) is 6.42 Å². The van der Waals surface area contributed by atoms with Crippen molar-refractivity contribution in [2.45, 2.75) is 25.9 Å². The quantitative estimate of drug-likeness (QED) is 0.851. The van der Waals surface area contributed by atoms with Crippen molar-refractivity contribution in [2.75, 3.05) is 0 Å². The van der Waals surface area contributed by atoms with E-state index in [-0.39, 0.29) is 5.82 Å². The molecule has 13 heavy (non-hydrogen) atoms. The Morgan fingerprint density at radius 2 is 2.08 bits per heavy atom. The Hall–Kier alpha value is -0.410. The Balaban J connectivity index is 3.00. The van der Waals surface area contributed by atoms with Gasteiger partial charge in [-0.25, -0.2) is 4.39 Å². The van der Waals surface area contributed by atoms with Crippen molar-refractivity contribution in [3.8, 4) is 0 Å². The fraction of sp³-hybridized carbons (Fsp3) is 0.400. The fourth-order valence-corrected chi connectivity index (χ4v) is 1.62. The number of aliphatic hydroxyl groups is 1. The zero-order chi connectivity index (χ0) is 10.1. The van der Waals surface area contributed by atoms with Gasteiger partial charge < -0.3 is 5.11 Å². The van der Waals surface area contributed by atoms with Crippen LogP contribution in [-0.4, -0.2) is 10.7 Å². The first kappa shape index (κ1) is 10.7. The predicted octanol–water partition coefficient (Wildman–Crippen LogP) is 2.90. The van der Waals surface area contributed by atoms with Crippen LogP contribution in [0.1, 0.15) is 19.4 Å². The lowest BCUT2D eigenvalue weighted by atomic mass is 9.98. The monoisotopic (exact) mass is 246 g/mol. The van der Waals surface area contributed by atoms with Gasteiger partial charge in [-0.3, -0.25) is 0 Å². The summed E-state index contributed by atoms with van der Waals surface area (Å²) in [4.78, 5) is 0. The molecule has 1 nitrogen and oxygen atoms in total. The number of halogens is 2. The lowest BCUT2D eigenvalue weighted by molar-refractivity contribution is 0.0798. The van der Waals surface area contributed by atoms with E-state index < -0.39 is 5.60 Å². The summed E-state index contributed by atoms with van der Waals surface area (Å²) in [5.74, 6) is -0.281. The third-order valence-corrected chi connectivity index (χ3v) is 2.41. The first-order valence-electron chi connectivity index (χ1n) is 4.05. The fourth-order valence-electron chi connectivity index (χ4n) is 1.13. The largest absolute Gasteiger partial charge is 0.390 e. The molecule has 0 aromatic heterocycles. The van der Waals surface area contributed by atoms with E-state index in [9.17, 15) is 9.50 Å². The third kappa shape index (κ3) is 3.08. The summed E-state index contributed by atoms with van der Waals surface area (Å²) in [7, 11) is 0. The molecule has 0 saturated carbocycles. The van der Waals surface area contributed by atoms with Crippen molar-refractivity contribution in [1.29, 1.82) is 0 Å². The summed E-state index contributed by atoms with van der Waals surface area (Å²) in [6.07, 6.45) is 0.306. The highest BCUT2D eigenvalue weighted by Crippen LogP contribution is 2.23. The normalized spacial score (nSPS) is 11.8. The summed E-state index contributed by atoms with van der Waals surface area (Å²) in [6.45, 7) is 3.32. The van der Waals surface area contributed by atoms with Gasteiger partial charge in [0.2, 0.25) is 0 Å². The van der Waals surface area contributed by atoms with Crippen LogP contribution in [0, 0.1) is 5.82 Å². The first-order chi connectivity index (χ1) is 5.90. The van der Waals surface area contributed by atoms with Gasteiger partial charge in [0.05, 0.1) is 5.60 Å². The van der Waals surface area contributed by atoms with Gasteiger partial charge in [-0.2, -0.15) is 0 Å². The van der Waals surface area contributed by atoms with Gasteiger partial charge in [0.15, 0.2) is 0 Å². The maximum absolute atomic E-state index is 13.2. The van der Waals surface area contributed by atoms with Crippen LogP contribution in [0.3, 0.4) is 0 Å². The molecule has 1 aromatic rings. The van der Waals surface area contributed by atoms with E-state index in [0.717, 1.165) is 0 Å². The zero-order valence-electron chi connectivity index (χ0n) is 7.64. The molecule has 0 saturated heterocycles. The van der Waals surface area contributed by atoms with E-state index in [1.807, 2.05) is 0 Å². The minimum Gasteiger partial charge on any atom is -0.390 e. The number of benzene rings is 1. The number of hydrogen-bond acceptors (Lipinski definition) is 1. The molecular weight excluding hydrogens is 235 g/mol. The average Bonchev–Trinajstić information content (AvgIpc) is 1.95. The molecule has 1 N–H and O–H groups in total. The summed E-state index contributed by atoms with van der Waals surface area (Å²) >= 11 is 3.25.